The van der Waals surface area contributed by atoms with Crippen molar-refractivity contribution in [2.45, 2.75) is 12.5 Å². The Morgan fingerprint density at radius 3 is 3.20 bits per heavy atom. The third-order valence-corrected chi connectivity index (χ3v) is 3.75. The van der Waals surface area contributed by atoms with E-state index in [9.17, 15) is 9.90 Å². The summed E-state index contributed by atoms with van der Waals surface area (Å²) in [6.07, 6.45) is 3.50. The molecule has 2 aromatic heterocycles. The molecule has 1 fully saturated rings. The van der Waals surface area contributed by atoms with Crippen molar-refractivity contribution in [3.63, 3.8) is 0 Å². The Bertz CT molecular complexity index is 610. The van der Waals surface area contributed by atoms with Crippen LogP contribution in [-0.2, 0) is 11.2 Å². The summed E-state index contributed by atoms with van der Waals surface area (Å²) in [7, 11) is 0. The molecule has 2 aromatic rings. The molecular weight excluding hydrogens is 256 g/mol. The quantitative estimate of drug-likeness (QED) is 0.621. The number of aliphatic hydroxyl groups excluding tert-OH is 1. The van der Waals surface area contributed by atoms with Crippen LogP contribution in [0.15, 0.2) is 24.5 Å². The second-order valence-electron chi connectivity index (χ2n) is 5.18. The lowest BCUT2D eigenvalue weighted by atomic mass is 10.1. The number of β-amino-alcohol motifs (C(OH)–C–C–N with tert-alkyl or cyclic N) is 1. The zero-order valence-electron chi connectivity index (χ0n) is 11.1. The summed E-state index contributed by atoms with van der Waals surface area (Å²) in [5, 5.41) is 16.6. The minimum atomic E-state index is -0.368. The van der Waals surface area contributed by atoms with E-state index in [2.05, 4.69) is 20.6 Å². The molecule has 1 aliphatic heterocycles. The van der Waals surface area contributed by atoms with Gasteiger partial charge >= 0.3 is 0 Å². The van der Waals surface area contributed by atoms with Crippen LogP contribution in [0.4, 0.5) is 0 Å². The second-order valence-corrected chi connectivity index (χ2v) is 5.18. The maximum absolute atomic E-state index is 12.0. The number of fused-ring (bicyclic) bond motifs is 1. The zero-order chi connectivity index (χ0) is 13.9. The van der Waals surface area contributed by atoms with Gasteiger partial charge in [-0.3, -0.25) is 4.79 Å². The van der Waals surface area contributed by atoms with Crippen LogP contribution in [0.1, 0.15) is 5.56 Å². The normalized spacial score (nSPS) is 22.2. The van der Waals surface area contributed by atoms with Crippen molar-refractivity contribution in [2.24, 2.45) is 5.92 Å². The summed E-state index contributed by atoms with van der Waals surface area (Å²) in [6.45, 7) is 1.86. The summed E-state index contributed by atoms with van der Waals surface area (Å²) in [6, 6.07) is 3.81. The van der Waals surface area contributed by atoms with Gasteiger partial charge in [0.2, 0.25) is 5.91 Å². The highest BCUT2D eigenvalue weighted by molar-refractivity contribution is 5.87. The van der Waals surface area contributed by atoms with Crippen LogP contribution >= 0.6 is 0 Å². The standard InChI is InChI=1S/C14H18N4O2/c19-12-8-15-5-10(12)7-17-13(20)4-9-6-18-14-11(9)2-1-3-16-14/h1-3,6,10,12,15,19H,4-5,7-8H2,(H,16,18)(H,17,20). The van der Waals surface area contributed by atoms with Crippen molar-refractivity contribution in [1.82, 2.24) is 20.6 Å². The first kappa shape index (κ1) is 13.1. The number of carbonyl (C=O) groups excluding carboxylic acids is 1. The number of carbonyl (C=O) groups is 1. The Balaban J connectivity index is 1.58. The lowest BCUT2D eigenvalue weighted by Gasteiger charge is -2.13. The molecule has 0 aromatic carbocycles. The van der Waals surface area contributed by atoms with E-state index in [4.69, 9.17) is 0 Å². The molecule has 0 radical (unpaired) electrons. The molecule has 0 spiro atoms. The molecule has 1 amide bonds. The van der Waals surface area contributed by atoms with Crippen LogP contribution in [-0.4, -0.2) is 46.7 Å². The fourth-order valence-electron chi connectivity index (χ4n) is 2.57. The van der Waals surface area contributed by atoms with E-state index in [1.165, 1.54) is 0 Å². The lowest BCUT2D eigenvalue weighted by molar-refractivity contribution is -0.120. The summed E-state index contributed by atoms with van der Waals surface area (Å²) in [5.74, 6) is 0.0671. The van der Waals surface area contributed by atoms with Crippen molar-refractivity contribution < 1.29 is 9.90 Å². The molecule has 0 saturated carbocycles. The maximum atomic E-state index is 12.0. The number of aliphatic hydroxyl groups is 1. The van der Waals surface area contributed by atoms with Crippen LogP contribution in [0.2, 0.25) is 0 Å². The first-order valence-corrected chi connectivity index (χ1v) is 6.80. The average molecular weight is 274 g/mol. The van der Waals surface area contributed by atoms with Crippen molar-refractivity contribution in [3.8, 4) is 0 Å². The van der Waals surface area contributed by atoms with Crippen molar-refractivity contribution in [1.29, 1.82) is 0 Å². The highest BCUT2D eigenvalue weighted by Gasteiger charge is 2.25. The molecule has 6 nitrogen and oxygen atoms in total. The summed E-state index contributed by atoms with van der Waals surface area (Å²) in [4.78, 5) is 19.2. The molecular formula is C14H18N4O2. The van der Waals surface area contributed by atoms with Crippen LogP contribution in [0.3, 0.4) is 0 Å². The maximum Gasteiger partial charge on any atom is 0.224 e. The Kier molecular flexibility index (Phi) is 3.66. The molecule has 4 N–H and O–H groups in total. The highest BCUT2D eigenvalue weighted by atomic mass is 16.3. The van der Waals surface area contributed by atoms with Gasteiger partial charge in [0.05, 0.1) is 12.5 Å². The smallest absolute Gasteiger partial charge is 0.224 e. The van der Waals surface area contributed by atoms with Gasteiger partial charge in [0.25, 0.3) is 0 Å². The largest absolute Gasteiger partial charge is 0.391 e. The second kappa shape index (κ2) is 5.60. The Hall–Kier alpha value is -1.92. The Labute approximate surface area is 116 Å². The van der Waals surface area contributed by atoms with Gasteiger partial charge in [0, 0.05) is 43.3 Å². The molecule has 106 valence electrons. The van der Waals surface area contributed by atoms with Gasteiger partial charge in [0.1, 0.15) is 5.65 Å². The van der Waals surface area contributed by atoms with Crippen LogP contribution in [0.25, 0.3) is 11.0 Å². The summed E-state index contributed by atoms with van der Waals surface area (Å²) >= 11 is 0. The van der Waals surface area contributed by atoms with Gasteiger partial charge < -0.3 is 20.7 Å². The van der Waals surface area contributed by atoms with E-state index in [1.807, 2.05) is 18.3 Å². The molecule has 3 rings (SSSR count). The van der Waals surface area contributed by atoms with E-state index in [0.717, 1.165) is 23.1 Å². The summed E-state index contributed by atoms with van der Waals surface area (Å²) < 4.78 is 0. The number of pyridine rings is 1. The van der Waals surface area contributed by atoms with E-state index in [0.29, 0.717) is 19.5 Å². The van der Waals surface area contributed by atoms with E-state index in [-0.39, 0.29) is 17.9 Å². The third kappa shape index (κ3) is 2.66. The third-order valence-electron chi connectivity index (χ3n) is 3.75. The molecule has 20 heavy (non-hydrogen) atoms. The van der Waals surface area contributed by atoms with Gasteiger partial charge in [0.15, 0.2) is 0 Å². The number of aromatic amines is 1. The fourth-order valence-corrected chi connectivity index (χ4v) is 2.57. The molecule has 0 bridgehead atoms. The minimum absolute atomic E-state index is 0.0335. The van der Waals surface area contributed by atoms with E-state index < -0.39 is 0 Å². The van der Waals surface area contributed by atoms with Crippen LogP contribution < -0.4 is 10.6 Å². The molecule has 1 aliphatic rings. The predicted octanol–water partition coefficient (Wildman–Crippen LogP) is -0.198. The number of hydrogen-bond donors (Lipinski definition) is 4. The molecule has 2 unspecified atom stereocenters. The Morgan fingerprint density at radius 1 is 1.50 bits per heavy atom. The molecule has 6 heteroatoms. The molecule has 1 saturated heterocycles. The zero-order valence-corrected chi connectivity index (χ0v) is 11.1. The summed E-state index contributed by atoms with van der Waals surface area (Å²) in [5.41, 5.74) is 1.74. The number of hydrogen-bond acceptors (Lipinski definition) is 4. The number of amides is 1. The van der Waals surface area contributed by atoms with E-state index >= 15 is 0 Å². The first-order chi connectivity index (χ1) is 9.74. The number of nitrogens with one attached hydrogen (secondary N) is 3. The molecule has 0 aliphatic carbocycles. The topological polar surface area (TPSA) is 90.0 Å². The minimum Gasteiger partial charge on any atom is -0.391 e. The van der Waals surface area contributed by atoms with Gasteiger partial charge in [-0.15, -0.1) is 0 Å². The highest BCUT2D eigenvalue weighted by Crippen LogP contribution is 2.16. The van der Waals surface area contributed by atoms with Crippen molar-refractivity contribution in [2.75, 3.05) is 19.6 Å². The van der Waals surface area contributed by atoms with Gasteiger partial charge in [-0.1, -0.05) is 0 Å². The number of H-pyrrole nitrogens is 1. The number of rotatable bonds is 4. The predicted molar refractivity (Wildman–Crippen MR) is 75.2 cm³/mol. The van der Waals surface area contributed by atoms with Gasteiger partial charge in [-0.05, 0) is 17.7 Å². The average Bonchev–Trinajstić information content (AvgIpc) is 3.04. The van der Waals surface area contributed by atoms with Crippen molar-refractivity contribution in [3.05, 3.63) is 30.1 Å². The molecule has 3 heterocycles. The van der Waals surface area contributed by atoms with Crippen molar-refractivity contribution >= 4 is 16.9 Å². The SMILES string of the molecule is O=C(Cc1c[nH]c2ncccc12)NCC1CNCC1O. The van der Waals surface area contributed by atoms with E-state index in [1.54, 1.807) is 6.20 Å². The van der Waals surface area contributed by atoms with Crippen LogP contribution in [0, 0.1) is 5.92 Å². The van der Waals surface area contributed by atoms with Gasteiger partial charge in [-0.2, -0.15) is 0 Å². The monoisotopic (exact) mass is 274 g/mol. The first-order valence-electron chi connectivity index (χ1n) is 6.80. The lowest BCUT2D eigenvalue weighted by Crippen LogP contribution is -2.35. The Morgan fingerprint density at radius 2 is 2.40 bits per heavy atom. The molecule has 2 atom stereocenters. The fraction of sp³-hybridized carbons (Fsp3) is 0.429. The van der Waals surface area contributed by atoms with Gasteiger partial charge in [-0.25, -0.2) is 4.98 Å². The van der Waals surface area contributed by atoms with Crippen LogP contribution in [0.5, 0.6) is 0 Å². The number of aromatic nitrogens is 2. The number of nitrogens with zero attached hydrogens (tertiary/aromatic N) is 1.